The van der Waals surface area contributed by atoms with Crippen LogP contribution < -0.4 is 5.32 Å². The Bertz CT molecular complexity index is 530. The second kappa shape index (κ2) is 7.22. The van der Waals surface area contributed by atoms with Crippen LogP contribution in [0.5, 0.6) is 0 Å². The summed E-state index contributed by atoms with van der Waals surface area (Å²) in [6.07, 6.45) is 0. The van der Waals surface area contributed by atoms with E-state index in [9.17, 15) is 9.59 Å². The molecule has 6 heteroatoms. The minimum Gasteiger partial charge on any atom is -0.349 e. The quantitative estimate of drug-likeness (QED) is 0.905. The monoisotopic (exact) mass is 325 g/mol. The van der Waals surface area contributed by atoms with Crippen LogP contribution in [0.15, 0.2) is 5.38 Å². The minimum absolute atomic E-state index is 0.0762. The SMILES string of the molecule is CC(C)NC(=O)c1csc(CN(C(=O)C(C)(C)C)C(C)C)n1. The van der Waals surface area contributed by atoms with Gasteiger partial charge in [0.25, 0.3) is 5.91 Å². The van der Waals surface area contributed by atoms with Gasteiger partial charge in [-0.25, -0.2) is 4.98 Å². The lowest BCUT2D eigenvalue weighted by Crippen LogP contribution is -2.43. The summed E-state index contributed by atoms with van der Waals surface area (Å²) in [5.74, 6) is -0.0818. The predicted octanol–water partition coefficient (Wildman–Crippen LogP) is 3.06. The maximum atomic E-state index is 12.5. The summed E-state index contributed by atoms with van der Waals surface area (Å²) in [6.45, 7) is 14.0. The van der Waals surface area contributed by atoms with Gasteiger partial charge in [0, 0.05) is 22.9 Å². The van der Waals surface area contributed by atoms with Crippen LogP contribution in [0, 0.1) is 5.41 Å². The topological polar surface area (TPSA) is 62.3 Å². The van der Waals surface area contributed by atoms with E-state index in [0.717, 1.165) is 5.01 Å². The fourth-order valence-corrected chi connectivity index (χ4v) is 2.66. The molecule has 0 fully saturated rings. The fourth-order valence-electron chi connectivity index (χ4n) is 1.89. The Balaban J connectivity index is 2.86. The molecule has 22 heavy (non-hydrogen) atoms. The fraction of sp³-hybridized carbons (Fsp3) is 0.688. The van der Waals surface area contributed by atoms with Gasteiger partial charge in [0.15, 0.2) is 0 Å². The van der Waals surface area contributed by atoms with E-state index < -0.39 is 5.41 Å². The predicted molar refractivity (Wildman–Crippen MR) is 89.9 cm³/mol. The summed E-state index contributed by atoms with van der Waals surface area (Å²) in [5.41, 5.74) is -0.0139. The summed E-state index contributed by atoms with van der Waals surface area (Å²) < 4.78 is 0. The Labute approximate surface area is 137 Å². The molecule has 0 radical (unpaired) electrons. The second-order valence-corrected chi connectivity index (χ2v) is 7.97. The van der Waals surface area contributed by atoms with Gasteiger partial charge in [-0.15, -0.1) is 11.3 Å². The molecule has 0 unspecified atom stereocenters. The van der Waals surface area contributed by atoms with Crippen molar-refractivity contribution >= 4 is 23.2 Å². The van der Waals surface area contributed by atoms with E-state index in [2.05, 4.69) is 10.3 Å². The molecule has 0 bridgehead atoms. The van der Waals surface area contributed by atoms with Gasteiger partial charge < -0.3 is 10.2 Å². The van der Waals surface area contributed by atoms with Gasteiger partial charge in [-0.3, -0.25) is 9.59 Å². The first kappa shape index (κ1) is 18.6. The van der Waals surface area contributed by atoms with Crippen molar-refractivity contribution in [2.24, 2.45) is 5.41 Å². The zero-order chi connectivity index (χ0) is 17.1. The molecule has 1 aromatic rings. The lowest BCUT2D eigenvalue weighted by atomic mass is 9.94. The Hall–Kier alpha value is -1.43. The van der Waals surface area contributed by atoms with Crippen molar-refractivity contribution in [3.8, 4) is 0 Å². The number of amides is 2. The molecule has 0 saturated carbocycles. The van der Waals surface area contributed by atoms with E-state index in [1.165, 1.54) is 11.3 Å². The maximum absolute atomic E-state index is 12.5. The lowest BCUT2D eigenvalue weighted by Gasteiger charge is -2.32. The van der Waals surface area contributed by atoms with E-state index in [0.29, 0.717) is 12.2 Å². The molecule has 0 atom stereocenters. The summed E-state index contributed by atoms with van der Waals surface area (Å²) in [7, 11) is 0. The van der Waals surface area contributed by atoms with Crippen LogP contribution >= 0.6 is 11.3 Å². The van der Waals surface area contributed by atoms with Crippen LogP contribution in [0.3, 0.4) is 0 Å². The molecule has 0 aliphatic rings. The van der Waals surface area contributed by atoms with E-state index in [-0.39, 0.29) is 23.9 Å². The summed E-state index contributed by atoms with van der Waals surface area (Å²) >= 11 is 1.41. The van der Waals surface area contributed by atoms with Gasteiger partial charge in [0.2, 0.25) is 5.91 Å². The Morgan fingerprint density at radius 2 is 1.86 bits per heavy atom. The average Bonchev–Trinajstić information content (AvgIpc) is 2.81. The Morgan fingerprint density at radius 3 is 2.32 bits per heavy atom. The third kappa shape index (κ3) is 5.09. The van der Waals surface area contributed by atoms with Crippen LogP contribution in [-0.4, -0.2) is 33.8 Å². The van der Waals surface area contributed by atoms with Gasteiger partial charge in [-0.1, -0.05) is 20.8 Å². The molecule has 2 amide bonds. The first-order valence-electron chi connectivity index (χ1n) is 7.58. The summed E-state index contributed by atoms with van der Waals surface area (Å²) in [4.78, 5) is 30.6. The Kier molecular flexibility index (Phi) is 6.11. The van der Waals surface area contributed by atoms with Gasteiger partial charge in [0.1, 0.15) is 10.7 Å². The molecular formula is C16H27N3O2S. The van der Waals surface area contributed by atoms with Gasteiger partial charge in [-0.2, -0.15) is 0 Å². The van der Waals surface area contributed by atoms with Crippen LogP contribution in [0.1, 0.15) is 64.0 Å². The first-order valence-corrected chi connectivity index (χ1v) is 8.46. The zero-order valence-electron chi connectivity index (χ0n) is 14.6. The van der Waals surface area contributed by atoms with Crippen LogP contribution in [0.2, 0.25) is 0 Å². The zero-order valence-corrected chi connectivity index (χ0v) is 15.4. The maximum Gasteiger partial charge on any atom is 0.270 e. The number of nitrogens with zero attached hydrogens (tertiary/aromatic N) is 2. The number of hydrogen-bond donors (Lipinski definition) is 1. The van der Waals surface area contributed by atoms with E-state index >= 15 is 0 Å². The van der Waals surface area contributed by atoms with Gasteiger partial charge in [0.05, 0.1) is 6.54 Å². The highest BCUT2D eigenvalue weighted by molar-refractivity contribution is 7.09. The third-order valence-electron chi connectivity index (χ3n) is 3.04. The van der Waals surface area contributed by atoms with Crippen molar-refractivity contribution in [3.63, 3.8) is 0 Å². The van der Waals surface area contributed by atoms with Crippen molar-refractivity contribution in [1.82, 2.24) is 15.2 Å². The number of carbonyl (C=O) groups is 2. The van der Waals surface area contributed by atoms with Crippen molar-refractivity contribution in [3.05, 3.63) is 16.1 Å². The van der Waals surface area contributed by atoms with Crippen LogP contribution in [0.4, 0.5) is 0 Å². The van der Waals surface area contributed by atoms with Gasteiger partial charge in [-0.05, 0) is 27.7 Å². The normalized spacial score (nSPS) is 11.9. The van der Waals surface area contributed by atoms with E-state index in [4.69, 9.17) is 0 Å². The number of nitrogens with one attached hydrogen (secondary N) is 1. The third-order valence-corrected chi connectivity index (χ3v) is 3.87. The lowest BCUT2D eigenvalue weighted by molar-refractivity contribution is -0.142. The molecular weight excluding hydrogens is 298 g/mol. The first-order chi connectivity index (χ1) is 10.0. The molecule has 0 spiro atoms. The second-order valence-electron chi connectivity index (χ2n) is 7.03. The van der Waals surface area contributed by atoms with Crippen molar-refractivity contribution in [2.45, 2.75) is 67.1 Å². The molecule has 0 aliphatic carbocycles. The number of hydrogen-bond acceptors (Lipinski definition) is 4. The minimum atomic E-state index is -0.431. The van der Waals surface area contributed by atoms with Crippen LogP contribution in [-0.2, 0) is 11.3 Å². The highest BCUT2D eigenvalue weighted by Gasteiger charge is 2.29. The molecule has 1 heterocycles. The Morgan fingerprint density at radius 1 is 1.27 bits per heavy atom. The number of thiazole rings is 1. The standard InChI is InChI=1S/C16H27N3O2S/c1-10(2)17-14(20)12-9-22-13(18-12)8-19(11(3)4)15(21)16(5,6)7/h9-11H,8H2,1-7H3,(H,17,20). The average molecular weight is 325 g/mol. The number of aromatic nitrogens is 1. The van der Waals surface area contributed by atoms with Crippen molar-refractivity contribution in [1.29, 1.82) is 0 Å². The molecule has 5 nitrogen and oxygen atoms in total. The molecule has 0 aromatic carbocycles. The number of rotatable bonds is 5. The molecule has 1 aromatic heterocycles. The molecule has 0 saturated heterocycles. The van der Waals surface area contributed by atoms with Crippen LogP contribution in [0.25, 0.3) is 0 Å². The van der Waals surface area contributed by atoms with Gasteiger partial charge >= 0.3 is 0 Å². The van der Waals surface area contributed by atoms with Crippen molar-refractivity contribution < 1.29 is 9.59 Å². The van der Waals surface area contributed by atoms with Crippen molar-refractivity contribution in [2.75, 3.05) is 0 Å². The smallest absolute Gasteiger partial charge is 0.270 e. The molecule has 1 N–H and O–H groups in total. The largest absolute Gasteiger partial charge is 0.349 e. The van der Waals surface area contributed by atoms with E-state index in [1.807, 2.05) is 53.4 Å². The summed E-state index contributed by atoms with van der Waals surface area (Å²) in [5, 5.41) is 5.34. The molecule has 0 aliphatic heterocycles. The molecule has 1 rings (SSSR count). The number of carbonyl (C=O) groups excluding carboxylic acids is 2. The highest BCUT2D eigenvalue weighted by Crippen LogP contribution is 2.22. The van der Waals surface area contributed by atoms with E-state index in [1.54, 1.807) is 5.38 Å². The summed E-state index contributed by atoms with van der Waals surface area (Å²) in [6, 6.07) is 0.163. The highest BCUT2D eigenvalue weighted by atomic mass is 32.1. The molecule has 124 valence electrons.